The van der Waals surface area contributed by atoms with Gasteiger partial charge in [0.2, 0.25) is 0 Å². The van der Waals surface area contributed by atoms with Crippen molar-refractivity contribution in [1.82, 2.24) is 0 Å². The van der Waals surface area contributed by atoms with Crippen LogP contribution in [0.5, 0.6) is 0 Å². The lowest BCUT2D eigenvalue weighted by Crippen LogP contribution is -2.30. The molecule has 72 valence electrons. The van der Waals surface area contributed by atoms with E-state index in [1.165, 1.54) is 0 Å². The molecule has 2 N–H and O–H groups in total. The highest BCUT2D eigenvalue weighted by atomic mass is 16.5. The molecule has 1 rings (SSSR count). The van der Waals surface area contributed by atoms with Crippen LogP contribution in [0, 0.1) is 0 Å². The van der Waals surface area contributed by atoms with Crippen LogP contribution in [0.3, 0.4) is 0 Å². The van der Waals surface area contributed by atoms with Crippen molar-refractivity contribution in [2.75, 3.05) is 7.11 Å². The summed E-state index contributed by atoms with van der Waals surface area (Å²) in [4.78, 5) is 0. The van der Waals surface area contributed by atoms with E-state index in [0.717, 1.165) is 11.1 Å². The molecule has 0 spiro atoms. The van der Waals surface area contributed by atoms with Crippen LogP contribution in [0.25, 0.3) is 0 Å². The van der Waals surface area contributed by atoms with Crippen LogP contribution in [-0.2, 0) is 16.9 Å². The molecule has 0 unspecified atom stereocenters. The molecule has 2 nitrogen and oxygen atoms in total. The van der Waals surface area contributed by atoms with Gasteiger partial charge in [0, 0.05) is 12.6 Å². The second-order valence-corrected chi connectivity index (χ2v) is 3.81. The minimum atomic E-state index is -0.297. The summed E-state index contributed by atoms with van der Waals surface area (Å²) in [5.41, 5.74) is 8.05. The Bertz CT molecular complexity index is 276. The van der Waals surface area contributed by atoms with E-state index in [1.807, 2.05) is 38.1 Å². The fraction of sp³-hybridized carbons (Fsp3) is 0.455. The van der Waals surface area contributed by atoms with E-state index in [1.54, 1.807) is 7.11 Å². The van der Waals surface area contributed by atoms with Gasteiger partial charge in [0.1, 0.15) is 0 Å². The second kappa shape index (κ2) is 3.90. The molecule has 0 radical (unpaired) electrons. The predicted octanol–water partition coefficient (Wildman–Crippen LogP) is 2.03. The topological polar surface area (TPSA) is 35.2 Å². The summed E-state index contributed by atoms with van der Waals surface area (Å²) in [6.45, 7) is 4.62. The lowest BCUT2D eigenvalue weighted by Gasteiger charge is -2.22. The van der Waals surface area contributed by atoms with Gasteiger partial charge >= 0.3 is 0 Å². The first-order valence-electron chi connectivity index (χ1n) is 4.42. The molecular formula is C11H17NO. The minimum absolute atomic E-state index is 0.297. The van der Waals surface area contributed by atoms with Crippen molar-refractivity contribution in [2.24, 2.45) is 5.73 Å². The van der Waals surface area contributed by atoms with Crippen LogP contribution in [0.15, 0.2) is 24.3 Å². The van der Waals surface area contributed by atoms with E-state index < -0.39 is 0 Å². The summed E-state index contributed by atoms with van der Waals surface area (Å²) < 4.78 is 5.11. The number of methoxy groups -OCH3 is 1. The van der Waals surface area contributed by atoms with Crippen LogP contribution >= 0.6 is 0 Å². The van der Waals surface area contributed by atoms with E-state index in [2.05, 4.69) is 0 Å². The molecule has 0 amide bonds. The number of ether oxygens (including phenoxy) is 1. The number of rotatable bonds is 3. The van der Waals surface area contributed by atoms with Gasteiger partial charge in [-0.3, -0.25) is 0 Å². The minimum Gasteiger partial charge on any atom is -0.380 e. The van der Waals surface area contributed by atoms with E-state index in [-0.39, 0.29) is 5.54 Å². The van der Waals surface area contributed by atoms with Crippen LogP contribution < -0.4 is 5.73 Å². The summed E-state index contributed by atoms with van der Waals surface area (Å²) in [6.07, 6.45) is 0. The normalized spacial score (nSPS) is 11.7. The Morgan fingerprint density at radius 2 is 1.92 bits per heavy atom. The largest absolute Gasteiger partial charge is 0.380 e. The van der Waals surface area contributed by atoms with Crippen LogP contribution in [0.2, 0.25) is 0 Å². The Morgan fingerprint density at radius 3 is 2.46 bits per heavy atom. The standard InChI is InChI=1S/C11H17NO/c1-11(2,12)10-7-5-4-6-9(10)8-13-3/h4-7H,8,12H2,1-3H3. The van der Waals surface area contributed by atoms with E-state index >= 15 is 0 Å². The summed E-state index contributed by atoms with van der Waals surface area (Å²) in [6, 6.07) is 8.11. The highest BCUT2D eigenvalue weighted by Gasteiger charge is 2.17. The van der Waals surface area contributed by atoms with Crippen molar-refractivity contribution in [1.29, 1.82) is 0 Å². The molecule has 2 heteroatoms. The van der Waals surface area contributed by atoms with Crippen molar-refractivity contribution < 1.29 is 4.74 Å². The molecule has 0 aliphatic heterocycles. The Balaban J connectivity index is 3.05. The Hall–Kier alpha value is -0.860. The molecule has 0 saturated carbocycles. The van der Waals surface area contributed by atoms with E-state index in [4.69, 9.17) is 10.5 Å². The van der Waals surface area contributed by atoms with Gasteiger partial charge in [-0.1, -0.05) is 24.3 Å². The highest BCUT2D eigenvalue weighted by Crippen LogP contribution is 2.21. The molecule has 0 heterocycles. The molecule has 13 heavy (non-hydrogen) atoms. The molecule has 0 fully saturated rings. The Kier molecular flexibility index (Phi) is 3.07. The zero-order chi connectivity index (χ0) is 9.90. The smallest absolute Gasteiger partial charge is 0.0716 e. The van der Waals surface area contributed by atoms with E-state index in [0.29, 0.717) is 6.61 Å². The predicted molar refractivity (Wildman–Crippen MR) is 54.4 cm³/mol. The number of hydrogen-bond donors (Lipinski definition) is 1. The average molecular weight is 179 g/mol. The number of nitrogens with two attached hydrogens (primary N) is 1. The van der Waals surface area contributed by atoms with E-state index in [9.17, 15) is 0 Å². The molecule has 0 saturated heterocycles. The molecule has 0 aliphatic carbocycles. The third-order valence-corrected chi connectivity index (χ3v) is 2.01. The SMILES string of the molecule is COCc1ccccc1C(C)(C)N. The first-order chi connectivity index (χ1) is 6.05. The third-order valence-electron chi connectivity index (χ3n) is 2.01. The quantitative estimate of drug-likeness (QED) is 0.770. The molecule has 0 aromatic heterocycles. The molecule has 1 aromatic rings. The molecule has 1 aromatic carbocycles. The van der Waals surface area contributed by atoms with Crippen molar-refractivity contribution in [3.05, 3.63) is 35.4 Å². The summed E-state index contributed by atoms with van der Waals surface area (Å²) in [5.74, 6) is 0. The zero-order valence-electron chi connectivity index (χ0n) is 8.50. The molecule has 0 bridgehead atoms. The molecule has 0 atom stereocenters. The van der Waals surface area contributed by atoms with Gasteiger partial charge in [0.25, 0.3) is 0 Å². The zero-order valence-corrected chi connectivity index (χ0v) is 8.50. The first kappa shape index (κ1) is 10.2. The maximum absolute atomic E-state index is 6.03. The fourth-order valence-electron chi connectivity index (χ4n) is 1.43. The van der Waals surface area contributed by atoms with Crippen LogP contribution in [0.4, 0.5) is 0 Å². The summed E-state index contributed by atoms with van der Waals surface area (Å²) in [5, 5.41) is 0. The van der Waals surface area contributed by atoms with Gasteiger partial charge in [-0.15, -0.1) is 0 Å². The van der Waals surface area contributed by atoms with Crippen molar-refractivity contribution in [2.45, 2.75) is 26.0 Å². The second-order valence-electron chi connectivity index (χ2n) is 3.81. The Morgan fingerprint density at radius 1 is 1.31 bits per heavy atom. The number of hydrogen-bond acceptors (Lipinski definition) is 2. The summed E-state index contributed by atoms with van der Waals surface area (Å²) in [7, 11) is 1.69. The molecule has 0 aliphatic rings. The average Bonchev–Trinajstić information content (AvgIpc) is 2.04. The lowest BCUT2D eigenvalue weighted by molar-refractivity contribution is 0.183. The first-order valence-corrected chi connectivity index (χ1v) is 4.42. The van der Waals surface area contributed by atoms with Gasteiger partial charge in [-0.2, -0.15) is 0 Å². The van der Waals surface area contributed by atoms with Crippen molar-refractivity contribution in [3.63, 3.8) is 0 Å². The Labute approximate surface area is 79.7 Å². The van der Waals surface area contributed by atoms with Gasteiger partial charge in [-0.25, -0.2) is 0 Å². The fourth-order valence-corrected chi connectivity index (χ4v) is 1.43. The van der Waals surface area contributed by atoms with Gasteiger partial charge < -0.3 is 10.5 Å². The molecular weight excluding hydrogens is 162 g/mol. The monoisotopic (exact) mass is 179 g/mol. The van der Waals surface area contributed by atoms with Gasteiger partial charge in [-0.05, 0) is 25.0 Å². The van der Waals surface area contributed by atoms with Crippen molar-refractivity contribution >= 4 is 0 Å². The van der Waals surface area contributed by atoms with Crippen LogP contribution in [0.1, 0.15) is 25.0 Å². The highest BCUT2D eigenvalue weighted by molar-refractivity contribution is 5.31. The maximum atomic E-state index is 6.03. The summed E-state index contributed by atoms with van der Waals surface area (Å²) >= 11 is 0. The van der Waals surface area contributed by atoms with Gasteiger partial charge in [0.05, 0.1) is 6.61 Å². The van der Waals surface area contributed by atoms with Gasteiger partial charge in [0.15, 0.2) is 0 Å². The van der Waals surface area contributed by atoms with Crippen LogP contribution in [-0.4, -0.2) is 7.11 Å². The lowest BCUT2D eigenvalue weighted by atomic mass is 9.91. The number of benzene rings is 1. The van der Waals surface area contributed by atoms with Crippen molar-refractivity contribution in [3.8, 4) is 0 Å². The third kappa shape index (κ3) is 2.54. The maximum Gasteiger partial charge on any atom is 0.0716 e.